The second kappa shape index (κ2) is 7.58. The standard InChI is InChI=1S/C19H30N4O2/c1-14-11-15(2)23(20-14)13-18-8-6-10-22(18)19(25)12-17-7-4-5-9-21(17)16(3)24/h11,17-18H,4-10,12-13H2,1-3H3. The van der Waals surface area contributed by atoms with Crippen LogP contribution in [0.4, 0.5) is 0 Å². The second-order valence-electron chi connectivity index (χ2n) is 7.56. The molecule has 2 fully saturated rings. The molecule has 0 radical (unpaired) electrons. The Morgan fingerprint density at radius 2 is 1.80 bits per heavy atom. The Kier molecular flexibility index (Phi) is 5.45. The van der Waals surface area contributed by atoms with Crippen LogP contribution in [0.2, 0.25) is 0 Å². The summed E-state index contributed by atoms with van der Waals surface area (Å²) in [6, 6.07) is 2.38. The van der Waals surface area contributed by atoms with Gasteiger partial charge in [0.2, 0.25) is 11.8 Å². The van der Waals surface area contributed by atoms with Crippen LogP contribution in [0.1, 0.15) is 56.8 Å². The van der Waals surface area contributed by atoms with Gasteiger partial charge in [-0.1, -0.05) is 0 Å². The second-order valence-corrected chi connectivity index (χ2v) is 7.56. The van der Waals surface area contributed by atoms with Gasteiger partial charge >= 0.3 is 0 Å². The number of hydrogen-bond acceptors (Lipinski definition) is 3. The lowest BCUT2D eigenvalue weighted by Crippen LogP contribution is -2.47. The van der Waals surface area contributed by atoms with E-state index in [4.69, 9.17) is 0 Å². The van der Waals surface area contributed by atoms with Gasteiger partial charge in [-0.15, -0.1) is 0 Å². The van der Waals surface area contributed by atoms with E-state index in [-0.39, 0.29) is 23.9 Å². The molecule has 1 aromatic rings. The molecule has 6 heteroatoms. The van der Waals surface area contributed by atoms with E-state index in [1.165, 1.54) is 0 Å². The number of amides is 2. The quantitative estimate of drug-likeness (QED) is 0.840. The van der Waals surface area contributed by atoms with Crippen LogP contribution in [-0.4, -0.2) is 56.6 Å². The number of likely N-dealkylation sites (tertiary alicyclic amines) is 2. The highest BCUT2D eigenvalue weighted by Crippen LogP contribution is 2.25. The first-order valence-electron chi connectivity index (χ1n) is 9.53. The van der Waals surface area contributed by atoms with Crippen LogP contribution in [0.3, 0.4) is 0 Å². The third kappa shape index (κ3) is 4.05. The Bertz CT molecular complexity index is 639. The monoisotopic (exact) mass is 346 g/mol. The fraction of sp³-hybridized carbons (Fsp3) is 0.737. The number of rotatable bonds is 4. The van der Waals surface area contributed by atoms with Crippen LogP contribution in [0.15, 0.2) is 6.07 Å². The Morgan fingerprint density at radius 1 is 1.08 bits per heavy atom. The highest BCUT2D eigenvalue weighted by atomic mass is 16.2. The topological polar surface area (TPSA) is 58.4 Å². The molecule has 0 spiro atoms. The van der Waals surface area contributed by atoms with E-state index in [9.17, 15) is 9.59 Å². The summed E-state index contributed by atoms with van der Waals surface area (Å²) in [7, 11) is 0. The van der Waals surface area contributed by atoms with Crippen molar-refractivity contribution >= 4 is 11.8 Å². The number of aromatic nitrogens is 2. The Morgan fingerprint density at radius 3 is 2.48 bits per heavy atom. The maximum atomic E-state index is 12.9. The van der Waals surface area contributed by atoms with Gasteiger partial charge in [-0.05, 0) is 52.0 Å². The molecule has 1 aromatic heterocycles. The summed E-state index contributed by atoms with van der Waals surface area (Å²) in [5.41, 5.74) is 2.17. The van der Waals surface area contributed by atoms with Crippen LogP contribution in [-0.2, 0) is 16.1 Å². The molecular formula is C19H30N4O2. The van der Waals surface area contributed by atoms with Crippen molar-refractivity contribution in [2.75, 3.05) is 13.1 Å². The summed E-state index contributed by atoms with van der Waals surface area (Å²) in [5.74, 6) is 0.292. The summed E-state index contributed by atoms with van der Waals surface area (Å²) in [6.07, 6.45) is 5.65. The van der Waals surface area contributed by atoms with Gasteiger partial charge in [-0.25, -0.2) is 0 Å². The molecule has 2 unspecified atom stereocenters. The van der Waals surface area contributed by atoms with Gasteiger partial charge in [0.25, 0.3) is 0 Å². The molecule has 0 N–H and O–H groups in total. The Labute approximate surface area is 150 Å². The van der Waals surface area contributed by atoms with Gasteiger partial charge in [-0.3, -0.25) is 14.3 Å². The SMILES string of the molecule is CC(=O)N1CCCCC1CC(=O)N1CCCC1Cn1nc(C)cc1C. The number of carbonyl (C=O) groups excluding carboxylic acids is 2. The van der Waals surface area contributed by atoms with Crippen LogP contribution < -0.4 is 0 Å². The van der Waals surface area contributed by atoms with Crippen molar-refractivity contribution in [2.24, 2.45) is 0 Å². The van der Waals surface area contributed by atoms with Gasteiger partial charge in [0, 0.05) is 38.2 Å². The largest absolute Gasteiger partial charge is 0.339 e. The van der Waals surface area contributed by atoms with E-state index >= 15 is 0 Å². The van der Waals surface area contributed by atoms with E-state index in [0.717, 1.165) is 63.1 Å². The van der Waals surface area contributed by atoms with Crippen LogP contribution in [0.25, 0.3) is 0 Å². The minimum Gasteiger partial charge on any atom is -0.339 e. The van der Waals surface area contributed by atoms with Gasteiger partial charge in [-0.2, -0.15) is 5.10 Å². The number of carbonyl (C=O) groups is 2. The molecule has 3 rings (SSSR count). The molecule has 2 aliphatic rings. The van der Waals surface area contributed by atoms with Crippen molar-refractivity contribution in [2.45, 2.75) is 77.9 Å². The first-order chi connectivity index (χ1) is 12.0. The van der Waals surface area contributed by atoms with E-state index in [0.29, 0.717) is 6.42 Å². The fourth-order valence-corrected chi connectivity index (χ4v) is 4.36. The zero-order chi connectivity index (χ0) is 18.0. The molecule has 2 amide bonds. The first-order valence-corrected chi connectivity index (χ1v) is 9.53. The molecule has 2 atom stereocenters. The summed E-state index contributed by atoms with van der Waals surface area (Å²) < 4.78 is 2.02. The Hall–Kier alpha value is -1.85. The highest BCUT2D eigenvalue weighted by Gasteiger charge is 2.33. The van der Waals surface area contributed by atoms with Gasteiger partial charge < -0.3 is 9.80 Å². The average Bonchev–Trinajstić information content (AvgIpc) is 3.14. The van der Waals surface area contributed by atoms with E-state index in [1.54, 1.807) is 6.92 Å². The Balaban J connectivity index is 1.64. The maximum Gasteiger partial charge on any atom is 0.224 e. The molecule has 138 valence electrons. The van der Waals surface area contributed by atoms with E-state index in [1.807, 2.05) is 21.4 Å². The lowest BCUT2D eigenvalue weighted by molar-refractivity contribution is -0.137. The normalized spacial score (nSPS) is 24.0. The van der Waals surface area contributed by atoms with Crippen LogP contribution >= 0.6 is 0 Å². The highest BCUT2D eigenvalue weighted by molar-refractivity contribution is 5.79. The van der Waals surface area contributed by atoms with E-state index in [2.05, 4.69) is 18.1 Å². The molecular weight excluding hydrogens is 316 g/mol. The number of aryl methyl sites for hydroxylation is 2. The zero-order valence-electron chi connectivity index (χ0n) is 15.7. The van der Waals surface area contributed by atoms with Crippen molar-refractivity contribution in [3.63, 3.8) is 0 Å². The molecule has 3 heterocycles. The molecule has 0 saturated carbocycles. The van der Waals surface area contributed by atoms with Crippen molar-refractivity contribution < 1.29 is 9.59 Å². The van der Waals surface area contributed by atoms with E-state index < -0.39 is 0 Å². The molecule has 2 saturated heterocycles. The molecule has 0 aromatic carbocycles. The zero-order valence-corrected chi connectivity index (χ0v) is 15.7. The van der Waals surface area contributed by atoms with Crippen molar-refractivity contribution in [3.8, 4) is 0 Å². The summed E-state index contributed by atoms with van der Waals surface area (Å²) in [6.45, 7) is 8.07. The van der Waals surface area contributed by atoms with Gasteiger partial charge in [0.15, 0.2) is 0 Å². The van der Waals surface area contributed by atoms with Crippen molar-refractivity contribution in [1.29, 1.82) is 0 Å². The predicted molar refractivity (Wildman–Crippen MR) is 96.1 cm³/mol. The van der Waals surface area contributed by atoms with Crippen molar-refractivity contribution in [1.82, 2.24) is 19.6 Å². The van der Waals surface area contributed by atoms with Crippen LogP contribution in [0.5, 0.6) is 0 Å². The predicted octanol–water partition coefficient (Wildman–Crippen LogP) is 2.28. The minimum atomic E-state index is 0.0775. The average molecular weight is 346 g/mol. The molecule has 6 nitrogen and oxygen atoms in total. The molecule has 0 aliphatic carbocycles. The van der Waals surface area contributed by atoms with Crippen LogP contribution in [0, 0.1) is 13.8 Å². The first kappa shape index (κ1) is 18.0. The van der Waals surface area contributed by atoms with Crippen molar-refractivity contribution in [3.05, 3.63) is 17.5 Å². The molecule has 25 heavy (non-hydrogen) atoms. The minimum absolute atomic E-state index is 0.0775. The third-order valence-corrected chi connectivity index (χ3v) is 5.63. The number of hydrogen-bond donors (Lipinski definition) is 0. The molecule has 0 bridgehead atoms. The third-order valence-electron chi connectivity index (χ3n) is 5.63. The summed E-state index contributed by atoms with van der Waals surface area (Å²) in [5, 5.41) is 4.54. The van der Waals surface area contributed by atoms with Gasteiger partial charge in [0.1, 0.15) is 0 Å². The van der Waals surface area contributed by atoms with Gasteiger partial charge in [0.05, 0.1) is 18.3 Å². The summed E-state index contributed by atoms with van der Waals surface area (Å²) >= 11 is 0. The number of nitrogens with zero attached hydrogens (tertiary/aromatic N) is 4. The lowest BCUT2D eigenvalue weighted by atomic mass is 9.98. The lowest BCUT2D eigenvalue weighted by Gasteiger charge is -2.36. The fourth-order valence-electron chi connectivity index (χ4n) is 4.36. The summed E-state index contributed by atoms with van der Waals surface area (Å²) in [4.78, 5) is 28.7. The maximum absolute atomic E-state index is 12.9. The number of piperidine rings is 1. The molecule has 2 aliphatic heterocycles. The smallest absolute Gasteiger partial charge is 0.224 e.